The first kappa shape index (κ1) is 17.7. The van der Waals surface area contributed by atoms with Crippen molar-refractivity contribution in [2.24, 2.45) is 0 Å². The molecule has 0 spiro atoms. The van der Waals surface area contributed by atoms with Gasteiger partial charge in [-0.1, -0.05) is 26.7 Å². The van der Waals surface area contributed by atoms with E-state index in [0.29, 0.717) is 24.4 Å². The maximum Gasteiger partial charge on any atom is 0.265 e. The zero-order valence-electron chi connectivity index (χ0n) is 13.6. The highest BCUT2D eigenvalue weighted by molar-refractivity contribution is 7.89. The van der Waals surface area contributed by atoms with E-state index in [-0.39, 0.29) is 10.8 Å². The maximum absolute atomic E-state index is 12.2. The van der Waals surface area contributed by atoms with E-state index in [1.165, 1.54) is 12.1 Å². The molecule has 23 heavy (non-hydrogen) atoms. The van der Waals surface area contributed by atoms with Crippen LogP contribution in [0.2, 0.25) is 0 Å². The topological polar surface area (TPSA) is 84.5 Å². The van der Waals surface area contributed by atoms with Crippen LogP contribution < -0.4 is 14.8 Å². The molecule has 6 nitrogen and oxygen atoms in total. The van der Waals surface area contributed by atoms with Gasteiger partial charge in [0, 0.05) is 6.54 Å². The van der Waals surface area contributed by atoms with Crippen LogP contribution in [0, 0.1) is 0 Å². The van der Waals surface area contributed by atoms with Crippen LogP contribution in [-0.2, 0) is 14.8 Å². The summed E-state index contributed by atoms with van der Waals surface area (Å²) in [5, 5.41) is 2.74. The molecule has 1 aliphatic rings. The largest absolute Gasteiger partial charge is 0.478 e. The van der Waals surface area contributed by atoms with Crippen molar-refractivity contribution in [2.75, 3.05) is 11.9 Å². The molecule has 0 saturated carbocycles. The summed E-state index contributed by atoms with van der Waals surface area (Å²) >= 11 is 0. The number of fused-ring (bicyclic) bond motifs is 1. The number of hydrogen-bond acceptors (Lipinski definition) is 4. The Hall–Kier alpha value is -1.60. The lowest BCUT2D eigenvalue weighted by Gasteiger charge is -2.26. The van der Waals surface area contributed by atoms with E-state index < -0.39 is 16.1 Å². The van der Waals surface area contributed by atoms with Crippen LogP contribution >= 0.6 is 0 Å². The molecule has 1 aliphatic heterocycles. The minimum Gasteiger partial charge on any atom is -0.478 e. The molecule has 0 bridgehead atoms. The number of nitrogens with one attached hydrogen (secondary N) is 2. The van der Waals surface area contributed by atoms with Gasteiger partial charge in [0.25, 0.3) is 5.91 Å². The molecule has 128 valence electrons. The zero-order chi connectivity index (χ0) is 16.9. The first-order valence-electron chi connectivity index (χ1n) is 8.09. The van der Waals surface area contributed by atoms with Gasteiger partial charge < -0.3 is 10.1 Å². The van der Waals surface area contributed by atoms with Gasteiger partial charge in [0.15, 0.2) is 6.10 Å². The predicted octanol–water partition coefficient (Wildman–Crippen LogP) is 2.65. The zero-order valence-corrected chi connectivity index (χ0v) is 14.4. The fourth-order valence-electron chi connectivity index (χ4n) is 2.34. The van der Waals surface area contributed by atoms with Gasteiger partial charge in [-0.3, -0.25) is 4.79 Å². The van der Waals surface area contributed by atoms with Gasteiger partial charge in [-0.15, -0.1) is 0 Å². The summed E-state index contributed by atoms with van der Waals surface area (Å²) in [4.78, 5) is 12.2. The Morgan fingerprint density at radius 3 is 2.65 bits per heavy atom. The predicted molar refractivity (Wildman–Crippen MR) is 89.1 cm³/mol. The molecule has 1 atom stereocenters. The quantitative estimate of drug-likeness (QED) is 0.713. The second-order valence-electron chi connectivity index (χ2n) is 5.65. The molecule has 2 N–H and O–H groups in total. The lowest BCUT2D eigenvalue weighted by Crippen LogP contribution is -2.37. The molecule has 1 aromatic rings. The van der Waals surface area contributed by atoms with Gasteiger partial charge in [-0.2, -0.15) is 0 Å². The minimum absolute atomic E-state index is 0.128. The Bertz CT molecular complexity index is 658. The Labute approximate surface area is 137 Å². The van der Waals surface area contributed by atoms with Crippen molar-refractivity contribution in [2.45, 2.75) is 57.0 Å². The summed E-state index contributed by atoms with van der Waals surface area (Å²) in [5.74, 6) is 0.289. The summed E-state index contributed by atoms with van der Waals surface area (Å²) in [6.07, 6.45) is 3.73. The molecular weight excluding hydrogens is 316 g/mol. The number of carbonyl (C=O) groups excluding carboxylic acids is 1. The number of sulfonamides is 1. The van der Waals surface area contributed by atoms with Gasteiger partial charge in [0.1, 0.15) is 5.75 Å². The Morgan fingerprint density at radius 1 is 1.22 bits per heavy atom. The fourth-order valence-corrected chi connectivity index (χ4v) is 3.44. The van der Waals surface area contributed by atoms with Crippen LogP contribution in [0.3, 0.4) is 0 Å². The van der Waals surface area contributed by atoms with E-state index in [1.807, 2.05) is 6.92 Å². The molecule has 1 heterocycles. The van der Waals surface area contributed by atoms with E-state index in [9.17, 15) is 13.2 Å². The highest BCUT2D eigenvalue weighted by Crippen LogP contribution is 2.32. The number of hydrogen-bond donors (Lipinski definition) is 2. The smallest absolute Gasteiger partial charge is 0.265 e. The third-order valence-electron chi connectivity index (χ3n) is 3.72. The standard InChI is InChI=1S/C16H24N2O4S/c1-3-5-7-15-16(19)18-13-11-12(8-9-14(13)22-15)23(20,21)17-10-6-4-2/h8-9,11,15,17H,3-7,10H2,1-2H3,(H,18,19). The normalized spacial score (nSPS) is 17.3. The van der Waals surface area contributed by atoms with Crippen molar-refractivity contribution in [3.63, 3.8) is 0 Å². The molecule has 0 saturated heterocycles. The van der Waals surface area contributed by atoms with Gasteiger partial charge in [-0.25, -0.2) is 13.1 Å². The molecule has 0 radical (unpaired) electrons. The van der Waals surface area contributed by atoms with Gasteiger partial charge in [0.05, 0.1) is 10.6 Å². The third-order valence-corrected chi connectivity index (χ3v) is 5.18. The number of amides is 1. The number of rotatable bonds is 8. The summed E-state index contributed by atoms with van der Waals surface area (Å²) < 4.78 is 32.7. The molecule has 7 heteroatoms. The Kier molecular flexibility index (Phi) is 6.01. The average molecular weight is 340 g/mol. The number of ether oxygens (including phenoxy) is 1. The van der Waals surface area contributed by atoms with E-state index in [0.717, 1.165) is 25.7 Å². The van der Waals surface area contributed by atoms with Crippen molar-refractivity contribution in [3.8, 4) is 5.75 Å². The SMILES string of the molecule is CCCCNS(=O)(=O)c1ccc2c(c1)NC(=O)C(CCCC)O2. The average Bonchev–Trinajstić information content (AvgIpc) is 2.52. The van der Waals surface area contributed by atoms with Gasteiger partial charge >= 0.3 is 0 Å². The van der Waals surface area contributed by atoms with Crippen LogP contribution in [0.4, 0.5) is 5.69 Å². The van der Waals surface area contributed by atoms with E-state index in [2.05, 4.69) is 17.0 Å². The summed E-state index contributed by atoms with van der Waals surface area (Å²) in [6.45, 7) is 4.45. The maximum atomic E-state index is 12.2. The molecule has 0 fully saturated rings. The third kappa shape index (κ3) is 4.45. The molecule has 0 aromatic heterocycles. The van der Waals surface area contributed by atoms with Crippen molar-refractivity contribution < 1.29 is 17.9 Å². The van der Waals surface area contributed by atoms with Crippen molar-refractivity contribution >= 4 is 21.6 Å². The molecule has 2 rings (SSSR count). The second kappa shape index (κ2) is 7.79. The van der Waals surface area contributed by atoms with Crippen LogP contribution in [0.25, 0.3) is 0 Å². The number of unbranched alkanes of at least 4 members (excludes halogenated alkanes) is 2. The summed E-state index contributed by atoms with van der Waals surface area (Å²) in [7, 11) is -3.57. The monoisotopic (exact) mass is 340 g/mol. The lowest BCUT2D eigenvalue weighted by molar-refractivity contribution is -0.123. The molecule has 1 amide bonds. The van der Waals surface area contributed by atoms with Crippen molar-refractivity contribution in [3.05, 3.63) is 18.2 Å². The molecule has 0 aliphatic carbocycles. The molecule has 1 unspecified atom stereocenters. The number of carbonyl (C=O) groups is 1. The van der Waals surface area contributed by atoms with Crippen molar-refractivity contribution in [1.29, 1.82) is 0 Å². The highest BCUT2D eigenvalue weighted by Gasteiger charge is 2.28. The summed E-state index contributed by atoms with van der Waals surface area (Å²) in [5.41, 5.74) is 0.404. The minimum atomic E-state index is -3.57. The summed E-state index contributed by atoms with van der Waals surface area (Å²) in [6, 6.07) is 4.54. The molecule has 1 aromatic carbocycles. The lowest BCUT2D eigenvalue weighted by atomic mass is 10.1. The first-order chi connectivity index (χ1) is 11.0. The second-order valence-corrected chi connectivity index (χ2v) is 7.41. The first-order valence-corrected chi connectivity index (χ1v) is 9.57. The van der Waals surface area contributed by atoms with Crippen LogP contribution in [0.1, 0.15) is 46.0 Å². The van der Waals surface area contributed by atoms with E-state index >= 15 is 0 Å². The highest BCUT2D eigenvalue weighted by atomic mass is 32.2. The molecular formula is C16H24N2O4S. The van der Waals surface area contributed by atoms with Crippen molar-refractivity contribution in [1.82, 2.24) is 4.72 Å². The van der Waals surface area contributed by atoms with Gasteiger partial charge in [0.2, 0.25) is 10.0 Å². The Morgan fingerprint density at radius 2 is 1.96 bits per heavy atom. The van der Waals surface area contributed by atoms with Crippen LogP contribution in [-0.4, -0.2) is 27.0 Å². The number of benzene rings is 1. The van der Waals surface area contributed by atoms with E-state index in [1.54, 1.807) is 6.07 Å². The number of anilines is 1. The van der Waals surface area contributed by atoms with Crippen LogP contribution in [0.5, 0.6) is 5.75 Å². The van der Waals surface area contributed by atoms with E-state index in [4.69, 9.17) is 4.74 Å². The van der Waals surface area contributed by atoms with Gasteiger partial charge in [-0.05, 0) is 37.5 Å². The Balaban J connectivity index is 2.15. The fraction of sp³-hybridized carbons (Fsp3) is 0.562. The van der Waals surface area contributed by atoms with Crippen LogP contribution in [0.15, 0.2) is 23.1 Å².